The van der Waals surface area contributed by atoms with Crippen LogP contribution in [-0.2, 0) is 15.8 Å². The van der Waals surface area contributed by atoms with Gasteiger partial charge in [0.05, 0.1) is 6.10 Å². The fourth-order valence-corrected chi connectivity index (χ4v) is 12.2. The molecule has 0 saturated heterocycles. The van der Waals surface area contributed by atoms with Crippen LogP contribution in [-0.4, -0.2) is 22.2 Å². The van der Waals surface area contributed by atoms with E-state index in [4.69, 9.17) is 4.74 Å². The molecule has 0 bridgehead atoms. The van der Waals surface area contributed by atoms with Crippen molar-refractivity contribution in [3.05, 3.63) is 226 Å². The first-order valence-electron chi connectivity index (χ1n) is 25.4. The zero-order chi connectivity index (χ0) is 49.0. The van der Waals surface area contributed by atoms with Crippen molar-refractivity contribution in [2.75, 3.05) is 5.32 Å². The number of nitrogens with one attached hydrogen (secondary N) is 1. The number of rotatable bonds is 11. The third kappa shape index (κ3) is 8.48. The molecule has 1 fully saturated rings. The normalized spacial score (nSPS) is 21.6. The van der Waals surface area contributed by atoms with Gasteiger partial charge in [0.2, 0.25) is 0 Å². The van der Waals surface area contributed by atoms with Gasteiger partial charge in [-0.05, 0) is 171 Å². The number of benzene rings is 6. The molecule has 1 aliphatic heterocycles. The van der Waals surface area contributed by atoms with Gasteiger partial charge >= 0.3 is 0 Å². The maximum absolute atomic E-state index is 16.7. The Labute approximate surface area is 415 Å². The SMILES string of the molecule is CCCCCC1CCC(c2ccc(-c3ccc(C(=O)Nc4ccc(-c5ccc6c(c5)C5=C7C(F)=CC(F)=CC7C7OC(c8ccc(O)cc8)(c8ccc(O)cc8)C=CC7=C5C6(C)C)cc4)cc3)cc2)CC1. The Morgan fingerprint density at radius 1 is 0.718 bits per heavy atom. The van der Waals surface area contributed by atoms with Gasteiger partial charge in [-0.15, -0.1) is 0 Å². The lowest BCUT2D eigenvalue weighted by Crippen LogP contribution is -2.44. The number of amides is 1. The summed E-state index contributed by atoms with van der Waals surface area (Å²) in [5.74, 6) is -0.580. The Bertz CT molecular complexity index is 3120. The van der Waals surface area contributed by atoms with Crippen molar-refractivity contribution < 1.29 is 28.5 Å². The summed E-state index contributed by atoms with van der Waals surface area (Å²) in [7, 11) is 0. The maximum atomic E-state index is 16.7. The standard InChI is InChI=1S/C64H59F2NO4/c1-4-5-6-7-39-8-10-40(11-9-39)41-12-14-42(15-13-41)43-16-18-45(19-17-43)62(70)67-50-27-20-44(21-28-50)46-22-33-56-54(36-46)59-58-55(37-49(65)38-57(58)66)61-53(60(59)63(56,2)3)34-35-64(71-61,47-23-29-51(68)30-24-47)48-25-31-52(69)32-26-48/h12-40,55,61,68-69H,4-11H2,1-3H3,(H,67,70). The molecule has 6 aromatic carbocycles. The Balaban J connectivity index is 0.834. The monoisotopic (exact) mass is 943 g/mol. The van der Waals surface area contributed by atoms with E-state index in [0.717, 1.165) is 62.1 Å². The van der Waals surface area contributed by atoms with Crippen molar-refractivity contribution in [3.63, 3.8) is 0 Å². The van der Waals surface area contributed by atoms with E-state index in [2.05, 4.69) is 68.6 Å². The number of carbonyl (C=O) groups is 1. The average molecular weight is 944 g/mol. The van der Waals surface area contributed by atoms with Gasteiger partial charge in [-0.1, -0.05) is 137 Å². The van der Waals surface area contributed by atoms with Crippen LogP contribution in [0.2, 0.25) is 0 Å². The topological polar surface area (TPSA) is 78.8 Å². The van der Waals surface area contributed by atoms with Crippen molar-refractivity contribution in [2.24, 2.45) is 11.8 Å². The molecule has 2 atom stereocenters. The number of unbranched alkanes of at least 4 members (excludes halogenated alkanes) is 2. The molecule has 2 unspecified atom stereocenters. The number of phenols is 2. The Kier molecular flexibility index (Phi) is 12.1. The van der Waals surface area contributed by atoms with Gasteiger partial charge in [0.15, 0.2) is 0 Å². The number of aromatic hydroxyl groups is 2. The van der Waals surface area contributed by atoms with Crippen molar-refractivity contribution in [1.82, 2.24) is 0 Å². The highest BCUT2D eigenvalue weighted by atomic mass is 19.1. The van der Waals surface area contributed by atoms with Gasteiger partial charge in [0, 0.05) is 34.2 Å². The molecule has 1 heterocycles. The zero-order valence-corrected chi connectivity index (χ0v) is 40.5. The Hall–Kier alpha value is -7.09. The van der Waals surface area contributed by atoms with Gasteiger partial charge in [-0.25, -0.2) is 8.78 Å². The van der Waals surface area contributed by atoms with E-state index in [1.165, 1.54) is 63.0 Å². The van der Waals surface area contributed by atoms with E-state index in [9.17, 15) is 15.0 Å². The summed E-state index contributed by atoms with van der Waals surface area (Å²) < 4.78 is 39.4. The van der Waals surface area contributed by atoms with Crippen LogP contribution >= 0.6 is 0 Å². The van der Waals surface area contributed by atoms with Crippen LogP contribution in [0.3, 0.4) is 0 Å². The van der Waals surface area contributed by atoms with Crippen molar-refractivity contribution in [1.29, 1.82) is 0 Å². The summed E-state index contributed by atoms with van der Waals surface area (Å²) in [6.07, 6.45) is 16.3. The van der Waals surface area contributed by atoms with Crippen LogP contribution in [0.1, 0.15) is 116 Å². The number of allylic oxidation sites excluding steroid dienone is 5. The summed E-state index contributed by atoms with van der Waals surface area (Å²) in [6.45, 7) is 6.55. The molecule has 1 amide bonds. The van der Waals surface area contributed by atoms with Gasteiger partial charge < -0.3 is 20.3 Å². The molecule has 4 aliphatic carbocycles. The van der Waals surface area contributed by atoms with Gasteiger partial charge in [-0.2, -0.15) is 0 Å². The molecule has 6 aromatic rings. The summed E-state index contributed by atoms with van der Waals surface area (Å²) in [4.78, 5) is 13.5. The number of hydrogen-bond donors (Lipinski definition) is 3. The third-order valence-corrected chi connectivity index (χ3v) is 16.0. The average Bonchev–Trinajstić information content (AvgIpc) is 3.62. The lowest BCUT2D eigenvalue weighted by molar-refractivity contribution is -0.0436. The maximum Gasteiger partial charge on any atom is 0.255 e. The van der Waals surface area contributed by atoms with E-state index in [1.54, 1.807) is 48.5 Å². The van der Waals surface area contributed by atoms with E-state index in [-0.39, 0.29) is 17.4 Å². The second-order valence-corrected chi connectivity index (χ2v) is 20.7. The van der Waals surface area contributed by atoms with E-state index >= 15 is 8.78 Å². The fourth-order valence-electron chi connectivity index (χ4n) is 12.2. The lowest BCUT2D eigenvalue weighted by atomic mass is 9.68. The minimum absolute atomic E-state index is 0.0929. The largest absolute Gasteiger partial charge is 0.508 e. The third-order valence-electron chi connectivity index (χ3n) is 16.0. The van der Waals surface area contributed by atoms with Crippen LogP contribution in [0, 0.1) is 11.8 Å². The summed E-state index contributed by atoms with van der Waals surface area (Å²) in [6, 6.07) is 44.3. The van der Waals surface area contributed by atoms with Gasteiger partial charge in [0.25, 0.3) is 5.91 Å². The first-order chi connectivity index (χ1) is 34.4. The molecule has 3 N–H and O–H groups in total. The minimum Gasteiger partial charge on any atom is -0.508 e. The number of halogens is 2. The molecule has 5 aliphatic rings. The van der Waals surface area contributed by atoms with Crippen LogP contribution in [0.15, 0.2) is 192 Å². The Morgan fingerprint density at radius 2 is 1.31 bits per heavy atom. The van der Waals surface area contributed by atoms with Crippen LogP contribution in [0.5, 0.6) is 11.5 Å². The first-order valence-corrected chi connectivity index (χ1v) is 25.4. The van der Waals surface area contributed by atoms with Gasteiger partial charge in [-0.3, -0.25) is 4.79 Å². The highest BCUT2D eigenvalue weighted by molar-refractivity contribution is 6.04. The predicted octanol–water partition coefficient (Wildman–Crippen LogP) is 16.1. The van der Waals surface area contributed by atoms with E-state index in [0.29, 0.717) is 33.9 Å². The zero-order valence-electron chi connectivity index (χ0n) is 40.5. The molecule has 0 spiro atoms. The fraction of sp³-hybridized carbons (Fsp3) is 0.266. The van der Waals surface area contributed by atoms with Crippen molar-refractivity contribution >= 4 is 17.2 Å². The van der Waals surface area contributed by atoms with E-state index < -0.39 is 34.7 Å². The van der Waals surface area contributed by atoms with Crippen molar-refractivity contribution in [3.8, 4) is 33.8 Å². The number of carbonyl (C=O) groups excluding carboxylic acids is 1. The summed E-state index contributed by atoms with van der Waals surface area (Å²) in [5, 5.41) is 23.5. The number of hydrogen-bond acceptors (Lipinski definition) is 4. The second kappa shape index (κ2) is 18.6. The van der Waals surface area contributed by atoms with Crippen molar-refractivity contribution in [2.45, 2.75) is 95.2 Å². The molecule has 5 nitrogen and oxygen atoms in total. The van der Waals surface area contributed by atoms with Gasteiger partial charge in [0.1, 0.15) is 28.8 Å². The predicted molar refractivity (Wildman–Crippen MR) is 280 cm³/mol. The number of phenolic OH excluding ortho intramolecular Hbond substituents is 2. The molecular weight excluding hydrogens is 885 g/mol. The molecule has 0 radical (unpaired) electrons. The first kappa shape index (κ1) is 46.3. The molecule has 7 heteroatoms. The highest BCUT2D eigenvalue weighted by Gasteiger charge is 2.53. The van der Waals surface area contributed by atoms with E-state index in [1.807, 2.05) is 60.7 Å². The smallest absolute Gasteiger partial charge is 0.255 e. The second-order valence-electron chi connectivity index (χ2n) is 20.7. The lowest BCUT2D eigenvalue weighted by Gasteiger charge is -2.46. The molecule has 11 rings (SSSR count). The summed E-state index contributed by atoms with van der Waals surface area (Å²) >= 11 is 0. The molecule has 358 valence electrons. The number of fused-ring (bicyclic) bond motifs is 6. The summed E-state index contributed by atoms with van der Waals surface area (Å²) in [5.41, 5.74) is 11.1. The Morgan fingerprint density at radius 3 is 1.94 bits per heavy atom. The number of anilines is 1. The quantitative estimate of drug-likeness (QED) is 0.113. The molecule has 0 aromatic heterocycles. The van der Waals surface area contributed by atoms with Crippen LogP contribution in [0.4, 0.5) is 14.5 Å². The number of ether oxygens (including phenoxy) is 1. The van der Waals surface area contributed by atoms with Crippen LogP contribution < -0.4 is 5.32 Å². The highest BCUT2D eigenvalue weighted by Crippen LogP contribution is 2.61. The minimum atomic E-state index is -1.21. The molecular formula is C64H59F2NO4. The van der Waals surface area contributed by atoms with Crippen LogP contribution in [0.25, 0.3) is 27.8 Å². The molecule has 71 heavy (non-hydrogen) atoms. The molecule has 1 saturated carbocycles.